The van der Waals surface area contributed by atoms with Crippen molar-refractivity contribution in [3.8, 4) is 0 Å². The third kappa shape index (κ3) is 13.5. The number of hydrogen-bond acceptors (Lipinski definition) is 2. The molecule has 90 valence electrons. The highest BCUT2D eigenvalue weighted by atomic mass is 16.4. The molecule has 0 unspecified atom stereocenters. The van der Waals surface area contributed by atoms with Crippen LogP contribution in [0.2, 0.25) is 0 Å². The van der Waals surface area contributed by atoms with E-state index in [2.05, 4.69) is 13.8 Å². The molecule has 0 saturated heterocycles. The molecule has 0 bridgehead atoms. The van der Waals surface area contributed by atoms with Gasteiger partial charge in [0, 0.05) is 5.97 Å². The first-order chi connectivity index (χ1) is 7.13. The molecule has 0 aliphatic rings. The molecule has 0 spiro atoms. The fourth-order valence-corrected chi connectivity index (χ4v) is 1.71. The summed E-state index contributed by atoms with van der Waals surface area (Å²) in [6, 6.07) is 0. The molecule has 0 aromatic heterocycles. The Labute approximate surface area is 94.1 Å². The largest absolute Gasteiger partial charge is 0.550 e. The molecule has 0 amide bonds. The second-order valence-electron chi connectivity index (χ2n) is 4.78. The number of carbonyl (C=O) groups excluding carboxylic acids is 1. The number of rotatable bonds is 10. The first-order valence-corrected chi connectivity index (χ1v) is 6.32. The summed E-state index contributed by atoms with van der Waals surface area (Å²) < 4.78 is 0. The summed E-state index contributed by atoms with van der Waals surface area (Å²) >= 11 is 0. The van der Waals surface area contributed by atoms with Gasteiger partial charge in [-0.3, -0.25) is 0 Å². The van der Waals surface area contributed by atoms with Crippen LogP contribution in [0.1, 0.15) is 71.6 Å². The van der Waals surface area contributed by atoms with Crippen molar-refractivity contribution in [2.24, 2.45) is 5.92 Å². The second-order valence-corrected chi connectivity index (χ2v) is 4.78. The van der Waals surface area contributed by atoms with Gasteiger partial charge in [0.1, 0.15) is 0 Å². The molecule has 2 nitrogen and oxygen atoms in total. The minimum absolute atomic E-state index is 0.230. The number of aliphatic carboxylic acids is 1. The van der Waals surface area contributed by atoms with Gasteiger partial charge in [-0.25, -0.2) is 0 Å². The van der Waals surface area contributed by atoms with Gasteiger partial charge in [-0.05, 0) is 18.8 Å². The summed E-state index contributed by atoms with van der Waals surface area (Å²) in [4.78, 5) is 10.1. The predicted molar refractivity (Wildman–Crippen MR) is 61.4 cm³/mol. The molecule has 0 N–H and O–H groups in total. The average Bonchev–Trinajstić information content (AvgIpc) is 2.14. The van der Waals surface area contributed by atoms with Crippen molar-refractivity contribution in [3.63, 3.8) is 0 Å². The van der Waals surface area contributed by atoms with E-state index in [0.717, 1.165) is 18.8 Å². The first kappa shape index (κ1) is 14.5. The Bertz CT molecular complexity index is 153. The highest BCUT2D eigenvalue weighted by Gasteiger charge is 1.95. The third-order valence-corrected chi connectivity index (χ3v) is 2.66. The number of unbranched alkanes of at least 4 members (excludes halogenated alkanes) is 6. The van der Waals surface area contributed by atoms with Gasteiger partial charge in [-0.2, -0.15) is 0 Å². The molecule has 0 radical (unpaired) electrons. The van der Waals surface area contributed by atoms with Gasteiger partial charge in [-0.15, -0.1) is 0 Å². The van der Waals surface area contributed by atoms with Crippen molar-refractivity contribution in [1.82, 2.24) is 0 Å². The fourth-order valence-electron chi connectivity index (χ4n) is 1.71. The van der Waals surface area contributed by atoms with E-state index in [1.807, 2.05) is 0 Å². The minimum atomic E-state index is -0.910. The van der Waals surface area contributed by atoms with E-state index >= 15 is 0 Å². The van der Waals surface area contributed by atoms with Gasteiger partial charge < -0.3 is 9.90 Å². The van der Waals surface area contributed by atoms with E-state index in [-0.39, 0.29) is 6.42 Å². The lowest BCUT2D eigenvalue weighted by Crippen LogP contribution is -2.21. The van der Waals surface area contributed by atoms with E-state index in [4.69, 9.17) is 0 Å². The zero-order valence-electron chi connectivity index (χ0n) is 10.3. The quantitative estimate of drug-likeness (QED) is 0.523. The molecule has 2 heteroatoms. The van der Waals surface area contributed by atoms with Crippen LogP contribution in [0.4, 0.5) is 0 Å². The highest BCUT2D eigenvalue weighted by molar-refractivity contribution is 5.63. The maximum absolute atomic E-state index is 10.1. The van der Waals surface area contributed by atoms with Gasteiger partial charge in [0.15, 0.2) is 0 Å². The van der Waals surface area contributed by atoms with Gasteiger partial charge in [0.05, 0.1) is 0 Å². The van der Waals surface area contributed by atoms with E-state index in [0.29, 0.717) is 0 Å². The van der Waals surface area contributed by atoms with Crippen molar-refractivity contribution >= 4 is 5.97 Å². The Balaban J connectivity index is 2.96. The molecular formula is C13H25O2-. The maximum atomic E-state index is 10.1. The molecule has 0 aromatic carbocycles. The van der Waals surface area contributed by atoms with Gasteiger partial charge in [0.25, 0.3) is 0 Å². The normalized spacial score (nSPS) is 10.9. The van der Waals surface area contributed by atoms with Crippen molar-refractivity contribution in [1.29, 1.82) is 0 Å². The molecule has 0 saturated carbocycles. The lowest BCUT2D eigenvalue weighted by Gasteiger charge is -2.04. The van der Waals surface area contributed by atoms with Crippen LogP contribution in [-0.2, 0) is 4.79 Å². The van der Waals surface area contributed by atoms with Gasteiger partial charge in [0.2, 0.25) is 0 Å². The lowest BCUT2D eigenvalue weighted by atomic mass is 10.0. The van der Waals surface area contributed by atoms with Crippen molar-refractivity contribution in [3.05, 3.63) is 0 Å². The monoisotopic (exact) mass is 213 g/mol. The summed E-state index contributed by atoms with van der Waals surface area (Å²) in [5.41, 5.74) is 0. The van der Waals surface area contributed by atoms with Crippen molar-refractivity contribution in [2.75, 3.05) is 0 Å². The molecule has 0 aliphatic heterocycles. The topological polar surface area (TPSA) is 40.1 Å². The molecular weight excluding hydrogens is 188 g/mol. The van der Waals surface area contributed by atoms with Crippen LogP contribution in [0.5, 0.6) is 0 Å². The molecule has 0 rings (SSSR count). The molecule has 0 aromatic rings. The van der Waals surface area contributed by atoms with Crippen LogP contribution in [-0.4, -0.2) is 5.97 Å². The third-order valence-electron chi connectivity index (χ3n) is 2.66. The molecule has 0 aliphatic carbocycles. The summed E-state index contributed by atoms with van der Waals surface area (Å²) in [6.45, 7) is 4.53. The number of hydrogen-bond donors (Lipinski definition) is 0. The Morgan fingerprint density at radius 2 is 1.40 bits per heavy atom. The van der Waals surface area contributed by atoms with Gasteiger partial charge >= 0.3 is 0 Å². The standard InChI is InChI=1S/C13H26O2/c1-12(2)10-8-6-4-3-5-7-9-11-13(14)15/h12H,3-11H2,1-2H3,(H,14,15)/p-1. The van der Waals surface area contributed by atoms with E-state index in [1.54, 1.807) is 0 Å². The fraction of sp³-hybridized carbons (Fsp3) is 0.923. The first-order valence-electron chi connectivity index (χ1n) is 6.32. The van der Waals surface area contributed by atoms with Crippen molar-refractivity contribution in [2.45, 2.75) is 71.6 Å². The Morgan fingerprint density at radius 3 is 1.87 bits per heavy atom. The summed E-state index contributed by atoms with van der Waals surface area (Å²) in [5, 5.41) is 10.1. The van der Waals surface area contributed by atoms with E-state index < -0.39 is 5.97 Å². The van der Waals surface area contributed by atoms with Gasteiger partial charge in [-0.1, -0.05) is 58.8 Å². The Hall–Kier alpha value is -0.530. The summed E-state index contributed by atoms with van der Waals surface area (Å²) in [6.07, 6.45) is 9.80. The van der Waals surface area contributed by atoms with Crippen LogP contribution < -0.4 is 5.11 Å². The SMILES string of the molecule is CC(C)CCCCCCCCCC(=O)[O-]. The molecule has 0 fully saturated rings. The second kappa shape index (κ2) is 10.0. The van der Waals surface area contributed by atoms with Crippen molar-refractivity contribution < 1.29 is 9.90 Å². The summed E-state index contributed by atoms with van der Waals surface area (Å²) in [5.74, 6) is -0.0833. The minimum Gasteiger partial charge on any atom is -0.550 e. The number of carboxylic acid groups (broad SMARTS) is 1. The zero-order chi connectivity index (χ0) is 11.5. The Morgan fingerprint density at radius 1 is 0.933 bits per heavy atom. The van der Waals surface area contributed by atoms with Crippen LogP contribution in [0.15, 0.2) is 0 Å². The lowest BCUT2D eigenvalue weighted by molar-refractivity contribution is -0.305. The smallest absolute Gasteiger partial charge is 0.0414 e. The van der Waals surface area contributed by atoms with Crippen LogP contribution in [0.3, 0.4) is 0 Å². The van der Waals surface area contributed by atoms with E-state index in [1.165, 1.54) is 38.5 Å². The average molecular weight is 213 g/mol. The highest BCUT2D eigenvalue weighted by Crippen LogP contribution is 2.12. The van der Waals surface area contributed by atoms with E-state index in [9.17, 15) is 9.90 Å². The van der Waals surface area contributed by atoms with Crippen LogP contribution in [0, 0.1) is 5.92 Å². The Kier molecular flexibility index (Phi) is 9.65. The maximum Gasteiger partial charge on any atom is 0.0414 e. The summed E-state index contributed by atoms with van der Waals surface area (Å²) in [7, 11) is 0. The number of carboxylic acids is 1. The molecule has 15 heavy (non-hydrogen) atoms. The zero-order valence-corrected chi connectivity index (χ0v) is 10.3. The van der Waals surface area contributed by atoms with Crippen LogP contribution >= 0.6 is 0 Å². The predicted octanol–water partition coefficient (Wildman–Crippen LogP) is 2.90. The van der Waals surface area contributed by atoms with Crippen LogP contribution in [0.25, 0.3) is 0 Å². The molecule has 0 heterocycles. The molecule has 0 atom stereocenters. The number of carbonyl (C=O) groups is 1.